The highest BCUT2D eigenvalue weighted by atomic mass is 35.5. The summed E-state index contributed by atoms with van der Waals surface area (Å²) in [6.07, 6.45) is 3.16. The van der Waals surface area contributed by atoms with E-state index < -0.39 is 0 Å². The number of carbonyl (C=O) groups is 1. The largest absolute Gasteiger partial charge is 0.452 e. The highest BCUT2D eigenvalue weighted by molar-refractivity contribution is 6.32. The van der Waals surface area contributed by atoms with Gasteiger partial charge in [-0.2, -0.15) is 0 Å². The average molecular weight is 262 g/mol. The van der Waals surface area contributed by atoms with Gasteiger partial charge in [-0.3, -0.25) is 4.79 Å². The van der Waals surface area contributed by atoms with Crippen molar-refractivity contribution in [3.63, 3.8) is 0 Å². The summed E-state index contributed by atoms with van der Waals surface area (Å²) < 4.78 is 4.92. The van der Waals surface area contributed by atoms with Crippen LogP contribution in [0.15, 0.2) is 41.0 Å². The molecule has 0 radical (unpaired) electrons. The lowest BCUT2D eigenvalue weighted by Gasteiger charge is -2.10. The Balaban J connectivity index is 1.70. The molecule has 18 heavy (non-hydrogen) atoms. The Labute approximate surface area is 110 Å². The Morgan fingerprint density at radius 2 is 1.89 bits per heavy atom. The molecule has 1 aliphatic carbocycles. The number of furan rings is 1. The molecule has 1 amide bonds. The van der Waals surface area contributed by atoms with Crippen molar-refractivity contribution in [3.05, 3.63) is 58.5 Å². The molecule has 2 aromatic rings. The van der Waals surface area contributed by atoms with Crippen molar-refractivity contribution in [2.45, 2.75) is 18.9 Å². The van der Waals surface area contributed by atoms with E-state index in [4.69, 9.17) is 16.0 Å². The third kappa shape index (κ3) is 2.02. The number of halogens is 1. The Bertz CT molecular complexity index is 566. The minimum atomic E-state index is -0.174. The maximum Gasteiger partial charge on any atom is 0.256 e. The van der Waals surface area contributed by atoms with Gasteiger partial charge in [0.1, 0.15) is 0 Å². The second-order valence-electron chi connectivity index (χ2n) is 4.46. The Kier molecular flexibility index (Phi) is 2.84. The van der Waals surface area contributed by atoms with Crippen LogP contribution < -0.4 is 5.32 Å². The molecule has 0 saturated heterocycles. The van der Waals surface area contributed by atoms with Crippen LogP contribution in [0.2, 0.25) is 5.22 Å². The molecule has 0 spiro atoms. The minimum Gasteiger partial charge on any atom is -0.452 e. The summed E-state index contributed by atoms with van der Waals surface area (Å²) in [5.74, 6) is -0.174. The topological polar surface area (TPSA) is 42.2 Å². The van der Waals surface area contributed by atoms with Crippen molar-refractivity contribution in [1.82, 2.24) is 5.32 Å². The summed E-state index contributed by atoms with van der Waals surface area (Å²) in [7, 11) is 0. The van der Waals surface area contributed by atoms with E-state index in [1.807, 2.05) is 12.1 Å². The minimum absolute atomic E-state index is 0.140. The fraction of sp³-hybridized carbons (Fsp3) is 0.214. The number of carbonyl (C=O) groups excluding carboxylic acids is 1. The van der Waals surface area contributed by atoms with Crippen LogP contribution in [0.4, 0.5) is 0 Å². The number of benzene rings is 1. The van der Waals surface area contributed by atoms with Gasteiger partial charge in [0.2, 0.25) is 5.22 Å². The van der Waals surface area contributed by atoms with E-state index in [1.165, 1.54) is 17.4 Å². The fourth-order valence-electron chi connectivity index (χ4n) is 2.38. The van der Waals surface area contributed by atoms with Crippen LogP contribution in [0.25, 0.3) is 0 Å². The maximum atomic E-state index is 12.0. The molecular weight excluding hydrogens is 250 g/mol. The predicted octanol–water partition coefficient (Wildman–Crippen LogP) is 2.83. The number of nitrogens with one attached hydrogen (secondary N) is 1. The summed E-state index contributed by atoms with van der Waals surface area (Å²) in [4.78, 5) is 12.0. The normalized spacial score (nSPS) is 14.5. The summed E-state index contributed by atoms with van der Waals surface area (Å²) in [5, 5.41) is 3.13. The SMILES string of the molecule is O=C(NC1Cc2ccccc2C1)c1ccoc1Cl. The lowest BCUT2D eigenvalue weighted by molar-refractivity contribution is 0.0938. The number of rotatable bonds is 2. The Morgan fingerprint density at radius 3 is 2.44 bits per heavy atom. The van der Waals surface area contributed by atoms with Crippen LogP contribution in [0.5, 0.6) is 0 Å². The smallest absolute Gasteiger partial charge is 0.256 e. The van der Waals surface area contributed by atoms with Crippen molar-refractivity contribution in [2.24, 2.45) is 0 Å². The van der Waals surface area contributed by atoms with Crippen LogP contribution in [0.1, 0.15) is 21.5 Å². The molecule has 0 bridgehead atoms. The van der Waals surface area contributed by atoms with E-state index in [1.54, 1.807) is 6.07 Å². The summed E-state index contributed by atoms with van der Waals surface area (Å²) in [6, 6.07) is 9.98. The average Bonchev–Trinajstić information content (AvgIpc) is 2.94. The Morgan fingerprint density at radius 1 is 1.22 bits per heavy atom. The van der Waals surface area contributed by atoms with E-state index in [0.29, 0.717) is 5.56 Å². The van der Waals surface area contributed by atoms with E-state index in [-0.39, 0.29) is 17.2 Å². The summed E-state index contributed by atoms with van der Waals surface area (Å²) in [6.45, 7) is 0. The van der Waals surface area contributed by atoms with E-state index in [9.17, 15) is 4.79 Å². The first-order valence-electron chi connectivity index (χ1n) is 5.84. The van der Waals surface area contributed by atoms with Crippen LogP contribution in [-0.2, 0) is 12.8 Å². The number of fused-ring (bicyclic) bond motifs is 1. The second-order valence-corrected chi connectivity index (χ2v) is 4.80. The molecule has 0 aliphatic heterocycles. The highest BCUT2D eigenvalue weighted by Crippen LogP contribution is 2.23. The van der Waals surface area contributed by atoms with Crippen LogP contribution in [0.3, 0.4) is 0 Å². The number of amides is 1. The zero-order valence-corrected chi connectivity index (χ0v) is 10.4. The molecule has 1 heterocycles. The quantitative estimate of drug-likeness (QED) is 0.903. The molecule has 92 valence electrons. The van der Waals surface area contributed by atoms with Gasteiger partial charge in [0.15, 0.2) is 0 Å². The van der Waals surface area contributed by atoms with Gasteiger partial charge in [-0.25, -0.2) is 0 Å². The molecule has 1 aromatic carbocycles. The molecule has 0 saturated carbocycles. The van der Waals surface area contributed by atoms with Crippen LogP contribution in [0, 0.1) is 0 Å². The van der Waals surface area contributed by atoms with Crippen LogP contribution in [-0.4, -0.2) is 11.9 Å². The van der Waals surface area contributed by atoms with Gasteiger partial charge in [0.05, 0.1) is 11.8 Å². The van der Waals surface area contributed by atoms with Crippen molar-refractivity contribution < 1.29 is 9.21 Å². The third-order valence-corrected chi connectivity index (χ3v) is 3.54. The zero-order valence-electron chi connectivity index (χ0n) is 9.65. The molecule has 3 nitrogen and oxygen atoms in total. The molecule has 1 aromatic heterocycles. The molecule has 4 heteroatoms. The first-order chi connectivity index (χ1) is 8.74. The second kappa shape index (κ2) is 4.50. The first-order valence-corrected chi connectivity index (χ1v) is 6.22. The lowest BCUT2D eigenvalue weighted by Crippen LogP contribution is -2.35. The van der Waals surface area contributed by atoms with Gasteiger partial charge in [-0.15, -0.1) is 0 Å². The van der Waals surface area contributed by atoms with Crippen molar-refractivity contribution in [1.29, 1.82) is 0 Å². The first kappa shape index (κ1) is 11.4. The molecule has 1 N–H and O–H groups in total. The zero-order chi connectivity index (χ0) is 12.5. The maximum absolute atomic E-state index is 12.0. The van der Waals surface area contributed by atoms with Gasteiger partial charge in [0, 0.05) is 6.04 Å². The van der Waals surface area contributed by atoms with Gasteiger partial charge < -0.3 is 9.73 Å². The summed E-state index contributed by atoms with van der Waals surface area (Å²) >= 11 is 5.78. The van der Waals surface area contributed by atoms with E-state index in [0.717, 1.165) is 12.8 Å². The van der Waals surface area contributed by atoms with Crippen LogP contribution >= 0.6 is 11.6 Å². The molecule has 0 atom stereocenters. The van der Waals surface area contributed by atoms with Gasteiger partial charge in [0.25, 0.3) is 5.91 Å². The van der Waals surface area contributed by atoms with Gasteiger partial charge in [-0.1, -0.05) is 24.3 Å². The van der Waals surface area contributed by atoms with Gasteiger partial charge in [-0.05, 0) is 41.6 Å². The lowest BCUT2D eigenvalue weighted by atomic mass is 10.1. The molecule has 1 aliphatic rings. The highest BCUT2D eigenvalue weighted by Gasteiger charge is 2.24. The monoisotopic (exact) mass is 261 g/mol. The standard InChI is InChI=1S/C14H12ClNO2/c15-13-12(5-6-18-13)14(17)16-11-7-9-3-1-2-4-10(9)8-11/h1-6,11H,7-8H2,(H,16,17). The fourth-order valence-corrected chi connectivity index (χ4v) is 2.58. The molecule has 0 unspecified atom stereocenters. The Hall–Kier alpha value is -1.74. The van der Waals surface area contributed by atoms with E-state index >= 15 is 0 Å². The van der Waals surface area contributed by atoms with Crippen molar-refractivity contribution in [2.75, 3.05) is 0 Å². The molecular formula is C14H12ClNO2. The van der Waals surface area contributed by atoms with Gasteiger partial charge >= 0.3 is 0 Å². The number of hydrogen-bond acceptors (Lipinski definition) is 2. The van der Waals surface area contributed by atoms with Crippen molar-refractivity contribution >= 4 is 17.5 Å². The summed E-state index contributed by atoms with van der Waals surface area (Å²) in [5.41, 5.74) is 3.01. The molecule has 3 rings (SSSR count). The predicted molar refractivity (Wildman–Crippen MR) is 68.8 cm³/mol. The van der Waals surface area contributed by atoms with E-state index in [2.05, 4.69) is 17.4 Å². The molecule has 0 fully saturated rings. The number of hydrogen-bond donors (Lipinski definition) is 1. The third-order valence-electron chi connectivity index (χ3n) is 3.25. The van der Waals surface area contributed by atoms with Crippen molar-refractivity contribution in [3.8, 4) is 0 Å².